The Hall–Kier alpha value is -2.62. The van der Waals surface area contributed by atoms with E-state index in [0.29, 0.717) is 5.92 Å². The molecule has 0 saturated carbocycles. The van der Waals surface area contributed by atoms with Crippen molar-refractivity contribution in [2.75, 3.05) is 13.1 Å². The number of likely N-dealkylation sites (tertiary alicyclic amines) is 1. The highest BCUT2D eigenvalue weighted by molar-refractivity contribution is 5.82. The van der Waals surface area contributed by atoms with E-state index >= 15 is 0 Å². The Morgan fingerprint density at radius 1 is 1.15 bits per heavy atom. The SMILES string of the molecule is Cc1ccccc1/C=N/OC(C)C(=O)N1CCC(Cc2ccccc2)CC1. The van der Waals surface area contributed by atoms with Gasteiger partial charge in [-0.1, -0.05) is 59.8 Å². The van der Waals surface area contributed by atoms with Crippen LogP contribution in [0.4, 0.5) is 0 Å². The summed E-state index contributed by atoms with van der Waals surface area (Å²) in [6, 6.07) is 18.5. The first-order chi connectivity index (χ1) is 13.1. The van der Waals surface area contributed by atoms with Crippen LogP contribution in [0.5, 0.6) is 0 Å². The number of hydrogen-bond donors (Lipinski definition) is 0. The fourth-order valence-corrected chi connectivity index (χ4v) is 3.52. The Labute approximate surface area is 161 Å². The number of amides is 1. The molecule has 2 aromatic rings. The van der Waals surface area contributed by atoms with Gasteiger partial charge < -0.3 is 9.74 Å². The van der Waals surface area contributed by atoms with Crippen molar-refractivity contribution in [1.29, 1.82) is 0 Å². The lowest BCUT2D eigenvalue weighted by molar-refractivity contribution is -0.144. The van der Waals surface area contributed by atoms with Crippen molar-refractivity contribution in [1.82, 2.24) is 4.90 Å². The van der Waals surface area contributed by atoms with Crippen LogP contribution in [0.15, 0.2) is 59.8 Å². The van der Waals surface area contributed by atoms with Gasteiger partial charge in [-0.2, -0.15) is 0 Å². The Morgan fingerprint density at radius 3 is 2.52 bits per heavy atom. The molecule has 4 nitrogen and oxygen atoms in total. The summed E-state index contributed by atoms with van der Waals surface area (Å²) >= 11 is 0. The molecule has 1 heterocycles. The minimum Gasteiger partial charge on any atom is -0.383 e. The van der Waals surface area contributed by atoms with Crippen LogP contribution in [0.3, 0.4) is 0 Å². The summed E-state index contributed by atoms with van der Waals surface area (Å²) in [5.74, 6) is 0.668. The van der Waals surface area contributed by atoms with E-state index in [-0.39, 0.29) is 5.91 Å². The van der Waals surface area contributed by atoms with Gasteiger partial charge >= 0.3 is 0 Å². The van der Waals surface area contributed by atoms with Gasteiger partial charge in [-0.3, -0.25) is 4.79 Å². The first-order valence-electron chi connectivity index (χ1n) is 9.71. The van der Waals surface area contributed by atoms with E-state index in [9.17, 15) is 4.79 Å². The average molecular weight is 364 g/mol. The fraction of sp³-hybridized carbons (Fsp3) is 0.391. The maximum atomic E-state index is 12.6. The molecule has 0 aromatic heterocycles. The number of hydrogen-bond acceptors (Lipinski definition) is 3. The standard InChI is InChI=1S/C23H28N2O2/c1-18-8-6-7-11-22(18)17-24-27-19(2)23(26)25-14-12-21(13-15-25)16-20-9-4-3-5-10-20/h3-11,17,19,21H,12-16H2,1-2H3/b24-17+. The van der Waals surface area contributed by atoms with Gasteiger partial charge in [-0.05, 0) is 55.7 Å². The first-order valence-corrected chi connectivity index (χ1v) is 9.71. The van der Waals surface area contributed by atoms with Gasteiger partial charge in [0.25, 0.3) is 5.91 Å². The molecule has 4 heteroatoms. The lowest BCUT2D eigenvalue weighted by Crippen LogP contribution is -2.43. The van der Waals surface area contributed by atoms with Crippen molar-refractivity contribution in [3.05, 3.63) is 71.3 Å². The second-order valence-corrected chi connectivity index (χ2v) is 7.30. The molecule has 142 valence electrons. The van der Waals surface area contributed by atoms with E-state index in [1.807, 2.05) is 42.2 Å². The van der Waals surface area contributed by atoms with E-state index in [0.717, 1.165) is 43.5 Å². The molecule has 1 saturated heterocycles. The van der Waals surface area contributed by atoms with Gasteiger partial charge in [0.05, 0.1) is 6.21 Å². The molecule has 2 aromatic carbocycles. The summed E-state index contributed by atoms with van der Waals surface area (Å²) in [7, 11) is 0. The third-order valence-corrected chi connectivity index (χ3v) is 5.24. The largest absolute Gasteiger partial charge is 0.383 e. The van der Waals surface area contributed by atoms with Gasteiger partial charge in [0, 0.05) is 13.1 Å². The average Bonchev–Trinajstić information content (AvgIpc) is 2.70. The van der Waals surface area contributed by atoms with Crippen molar-refractivity contribution in [2.45, 2.75) is 39.2 Å². The number of rotatable bonds is 6. The van der Waals surface area contributed by atoms with Crippen LogP contribution in [0.1, 0.15) is 36.5 Å². The number of oxime groups is 1. The quantitative estimate of drug-likeness (QED) is 0.569. The van der Waals surface area contributed by atoms with E-state index in [1.54, 1.807) is 13.1 Å². The van der Waals surface area contributed by atoms with E-state index in [2.05, 4.69) is 29.4 Å². The van der Waals surface area contributed by atoms with Crippen LogP contribution in [0.25, 0.3) is 0 Å². The molecule has 0 N–H and O–H groups in total. The van der Waals surface area contributed by atoms with Crippen LogP contribution in [-0.2, 0) is 16.1 Å². The molecular weight excluding hydrogens is 336 g/mol. The van der Waals surface area contributed by atoms with Crippen LogP contribution in [0.2, 0.25) is 0 Å². The normalized spacial score (nSPS) is 16.4. The summed E-state index contributed by atoms with van der Waals surface area (Å²) in [6.07, 6.45) is 4.29. The molecule has 1 atom stereocenters. The highest BCUT2D eigenvalue weighted by Crippen LogP contribution is 2.22. The molecule has 1 fully saturated rings. The van der Waals surface area contributed by atoms with Gasteiger partial charge in [-0.15, -0.1) is 0 Å². The third kappa shape index (κ3) is 5.43. The van der Waals surface area contributed by atoms with Gasteiger partial charge in [0.2, 0.25) is 6.10 Å². The molecule has 0 bridgehead atoms. The van der Waals surface area contributed by atoms with Crippen molar-refractivity contribution < 1.29 is 9.63 Å². The smallest absolute Gasteiger partial charge is 0.266 e. The molecule has 0 spiro atoms. The highest BCUT2D eigenvalue weighted by Gasteiger charge is 2.27. The van der Waals surface area contributed by atoms with Crippen molar-refractivity contribution in [3.63, 3.8) is 0 Å². The predicted octanol–water partition coefficient (Wildman–Crippen LogP) is 4.22. The van der Waals surface area contributed by atoms with Crippen molar-refractivity contribution in [2.24, 2.45) is 11.1 Å². The number of nitrogens with zero attached hydrogens (tertiary/aromatic N) is 2. The molecule has 1 amide bonds. The summed E-state index contributed by atoms with van der Waals surface area (Å²) in [5, 5.41) is 4.02. The number of carbonyl (C=O) groups is 1. The zero-order valence-corrected chi connectivity index (χ0v) is 16.2. The van der Waals surface area contributed by atoms with Gasteiger partial charge in [0.15, 0.2) is 0 Å². The summed E-state index contributed by atoms with van der Waals surface area (Å²) < 4.78 is 0. The fourth-order valence-electron chi connectivity index (χ4n) is 3.52. The molecule has 1 aliphatic heterocycles. The zero-order chi connectivity index (χ0) is 19.1. The van der Waals surface area contributed by atoms with Gasteiger partial charge in [-0.25, -0.2) is 0 Å². The second kappa shape index (κ2) is 9.36. The molecule has 3 rings (SSSR count). The number of carbonyl (C=O) groups excluding carboxylic acids is 1. The summed E-state index contributed by atoms with van der Waals surface area (Å²) in [4.78, 5) is 19.9. The minimum atomic E-state index is -0.559. The minimum absolute atomic E-state index is 0.0232. The highest BCUT2D eigenvalue weighted by atomic mass is 16.6. The molecule has 1 unspecified atom stereocenters. The monoisotopic (exact) mass is 364 g/mol. The molecule has 0 aliphatic carbocycles. The first kappa shape index (κ1) is 19.2. The second-order valence-electron chi connectivity index (χ2n) is 7.30. The number of benzene rings is 2. The Bertz CT molecular complexity index is 765. The zero-order valence-electron chi connectivity index (χ0n) is 16.2. The summed E-state index contributed by atoms with van der Waals surface area (Å²) in [5.41, 5.74) is 3.51. The Balaban J connectivity index is 1.45. The maximum absolute atomic E-state index is 12.6. The molecule has 1 aliphatic rings. The lowest BCUT2D eigenvalue weighted by atomic mass is 9.90. The lowest BCUT2D eigenvalue weighted by Gasteiger charge is -2.33. The third-order valence-electron chi connectivity index (χ3n) is 5.24. The van der Waals surface area contributed by atoms with Crippen LogP contribution in [-0.4, -0.2) is 36.2 Å². The maximum Gasteiger partial charge on any atom is 0.266 e. The number of piperidine rings is 1. The van der Waals surface area contributed by atoms with Crippen LogP contribution < -0.4 is 0 Å². The molecular formula is C23H28N2O2. The topological polar surface area (TPSA) is 41.9 Å². The van der Waals surface area contributed by atoms with Crippen molar-refractivity contribution in [3.8, 4) is 0 Å². The summed E-state index contributed by atoms with van der Waals surface area (Å²) in [6.45, 7) is 5.39. The Morgan fingerprint density at radius 2 is 1.81 bits per heavy atom. The Kier molecular flexibility index (Phi) is 6.64. The number of aryl methyl sites for hydroxylation is 1. The van der Waals surface area contributed by atoms with E-state index < -0.39 is 6.10 Å². The molecule has 0 radical (unpaired) electrons. The van der Waals surface area contributed by atoms with Crippen LogP contribution >= 0.6 is 0 Å². The predicted molar refractivity (Wildman–Crippen MR) is 109 cm³/mol. The van der Waals surface area contributed by atoms with Crippen molar-refractivity contribution >= 4 is 12.1 Å². The van der Waals surface area contributed by atoms with Crippen LogP contribution in [0, 0.1) is 12.8 Å². The van der Waals surface area contributed by atoms with Gasteiger partial charge in [0.1, 0.15) is 0 Å². The van der Waals surface area contributed by atoms with E-state index in [1.165, 1.54) is 5.56 Å². The molecule has 27 heavy (non-hydrogen) atoms. The van der Waals surface area contributed by atoms with E-state index in [4.69, 9.17) is 4.84 Å².